The van der Waals surface area contributed by atoms with E-state index in [1.54, 1.807) is 29.8 Å². The summed E-state index contributed by atoms with van der Waals surface area (Å²) >= 11 is 0. The van der Waals surface area contributed by atoms with E-state index >= 15 is 0 Å². The smallest absolute Gasteiger partial charge is 0.188 e. The van der Waals surface area contributed by atoms with Crippen LogP contribution >= 0.6 is 0 Å². The number of tetrazole rings is 1. The fourth-order valence-electron chi connectivity index (χ4n) is 3.19. The van der Waals surface area contributed by atoms with E-state index < -0.39 is 15.1 Å². The van der Waals surface area contributed by atoms with Crippen LogP contribution in [-0.2, 0) is 9.84 Å². The van der Waals surface area contributed by atoms with Crippen molar-refractivity contribution in [1.29, 1.82) is 0 Å². The topological polar surface area (TPSA) is 77.7 Å². The largest absolute Gasteiger partial charge is 0.225 e. The second-order valence-electron chi connectivity index (χ2n) is 6.28. The average molecular weight is 334 g/mol. The standard InChI is InChI=1S/C16H22N4O2S/c1-12-7-6-10-15(11-12)23(21,22)13(2)16-17-18-19-20(16)14-8-4-3-5-9-14/h6-7,10-11,13-14H,3-5,8-9H2,1-2H3. The van der Waals surface area contributed by atoms with Gasteiger partial charge in [0.15, 0.2) is 15.7 Å². The Morgan fingerprint density at radius 1 is 1.22 bits per heavy atom. The van der Waals surface area contributed by atoms with Crippen LogP contribution < -0.4 is 0 Å². The van der Waals surface area contributed by atoms with Gasteiger partial charge in [0.25, 0.3) is 0 Å². The second kappa shape index (κ2) is 6.39. The first-order valence-electron chi connectivity index (χ1n) is 8.08. The van der Waals surface area contributed by atoms with E-state index in [-0.39, 0.29) is 6.04 Å². The van der Waals surface area contributed by atoms with Crippen molar-refractivity contribution in [3.8, 4) is 0 Å². The summed E-state index contributed by atoms with van der Waals surface area (Å²) in [7, 11) is -3.51. The molecule has 6 nitrogen and oxygen atoms in total. The van der Waals surface area contributed by atoms with Gasteiger partial charge in [0.05, 0.1) is 10.9 Å². The Balaban J connectivity index is 1.94. The molecule has 1 heterocycles. The molecule has 1 saturated carbocycles. The first-order chi connectivity index (χ1) is 11.0. The molecule has 3 rings (SSSR count). The third-order valence-electron chi connectivity index (χ3n) is 4.59. The molecule has 124 valence electrons. The van der Waals surface area contributed by atoms with Crippen molar-refractivity contribution < 1.29 is 8.42 Å². The maximum absolute atomic E-state index is 12.9. The molecule has 1 aromatic heterocycles. The van der Waals surface area contributed by atoms with E-state index in [4.69, 9.17) is 0 Å². The number of hydrogen-bond donors (Lipinski definition) is 0. The Morgan fingerprint density at radius 3 is 2.65 bits per heavy atom. The molecule has 0 aliphatic heterocycles. The summed E-state index contributed by atoms with van der Waals surface area (Å²) in [6.45, 7) is 3.55. The zero-order valence-corrected chi connectivity index (χ0v) is 14.3. The Labute approximate surface area is 136 Å². The van der Waals surface area contributed by atoms with Crippen LogP contribution in [0.2, 0.25) is 0 Å². The van der Waals surface area contributed by atoms with Crippen molar-refractivity contribution in [2.24, 2.45) is 0 Å². The highest BCUT2D eigenvalue weighted by Crippen LogP contribution is 2.32. The van der Waals surface area contributed by atoms with Gasteiger partial charge in [-0.1, -0.05) is 31.4 Å². The Morgan fingerprint density at radius 2 is 1.96 bits per heavy atom. The van der Waals surface area contributed by atoms with Gasteiger partial charge in [-0.25, -0.2) is 13.1 Å². The predicted molar refractivity (Wildman–Crippen MR) is 86.7 cm³/mol. The minimum atomic E-state index is -3.51. The lowest BCUT2D eigenvalue weighted by atomic mass is 9.95. The molecule has 1 aliphatic rings. The SMILES string of the molecule is Cc1cccc(S(=O)(=O)C(C)c2nnnn2C2CCCCC2)c1. The lowest BCUT2D eigenvalue weighted by molar-refractivity contribution is 0.316. The van der Waals surface area contributed by atoms with Crippen molar-refractivity contribution in [2.45, 2.75) is 62.1 Å². The molecule has 1 fully saturated rings. The predicted octanol–water partition coefficient (Wildman–Crippen LogP) is 3.02. The molecule has 23 heavy (non-hydrogen) atoms. The molecule has 0 radical (unpaired) electrons. The Bertz CT molecular complexity index is 779. The number of sulfone groups is 1. The molecule has 7 heteroatoms. The van der Waals surface area contributed by atoms with Gasteiger partial charge in [-0.3, -0.25) is 0 Å². The molecule has 1 aliphatic carbocycles. The van der Waals surface area contributed by atoms with Crippen LogP contribution in [0.5, 0.6) is 0 Å². The summed E-state index contributed by atoms with van der Waals surface area (Å²) in [6.07, 6.45) is 5.53. The summed E-state index contributed by atoms with van der Waals surface area (Å²) in [6, 6.07) is 7.19. The van der Waals surface area contributed by atoms with Crippen molar-refractivity contribution in [1.82, 2.24) is 20.2 Å². The maximum atomic E-state index is 12.9. The number of nitrogens with zero attached hydrogens (tertiary/aromatic N) is 4. The van der Waals surface area contributed by atoms with Gasteiger partial charge in [-0.15, -0.1) is 5.10 Å². The minimum absolute atomic E-state index is 0.212. The summed E-state index contributed by atoms with van der Waals surface area (Å²) in [4.78, 5) is 0.322. The van der Waals surface area contributed by atoms with Crippen molar-refractivity contribution >= 4 is 9.84 Å². The highest BCUT2D eigenvalue weighted by atomic mass is 32.2. The number of aromatic nitrogens is 4. The van der Waals surface area contributed by atoms with Crippen LogP contribution in [0, 0.1) is 6.92 Å². The Kier molecular flexibility index (Phi) is 4.48. The lowest BCUT2D eigenvalue weighted by Crippen LogP contribution is -2.21. The molecule has 0 bridgehead atoms. The molecule has 2 aromatic rings. The van der Waals surface area contributed by atoms with Gasteiger partial charge in [-0.2, -0.15) is 0 Å². The number of hydrogen-bond acceptors (Lipinski definition) is 5. The van der Waals surface area contributed by atoms with Gasteiger partial charge in [-0.05, 0) is 54.8 Å². The van der Waals surface area contributed by atoms with Crippen LogP contribution in [0.1, 0.15) is 61.7 Å². The van der Waals surface area contributed by atoms with E-state index in [1.165, 1.54) is 6.42 Å². The molecular weight excluding hydrogens is 312 g/mol. The molecule has 0 saturated heterocycles. The number of benzene rings is 1. The van der Waals surface area contributed by atoms with Gasteiger partial charge in [0.1, 0.15) is 5.25 Å². The third-order valence-corrected chi connectivity index (χ3v) is 6.64. The first kappa shape index (κ1) is 16.1. The van der Waals surface area contributed by atoms with Gasteiger partial charge < -0.3 is 0 Å². The molecule has 0 N–H and O–H groups in total. The molecule has 1 atom stereocenters. The van der Waals surface area contributed by atoms with Gasteiger partial charge in [0.2, 0.25) is 0 Å². The van der Waals surface area contributed by atoms with E-state index in [1.807, 2.05) is 13.0 Å². The summed E-state index contributed by atoms with van der Waals surface area (Å²) in [5, 5.41) is 11.1. The van der Waals surface area contributed by atoms with Crippen LogP contribution in [0.25, 0.3) is 0 Å². The van der Waals surface area contributed by atoms with Crippen molar-refractivity contribution in [3.05, 3.63) is 35.7 Å². The molecule has 1 unspecified atom stereocenters. The fourth-order valence-corrected chi connectivity index (χ4v) is 4.65. The van der Waals surface area contributed by atoms with Crippen LogP contribution in [0.15, 0.2) is 29.2 Å². The summed E-state index contributed by atoms with van der Waals surface area (Å²) < 4.78 is 27.6. The zero-order chi connectivity index (χ0) is 16.4. The molecule has 0 spiro atoms. The Hall–Kier alpha value is -1.76. The summed E-state index contributed by atoms with van der Waals surface area (Å²) in [5.74, 6) is 0.443. The van der Waals surface area contributed by atoms with E-state index in [2.05, 4.69) is 15.5 Å². The lowest BCUT2D eigenvalue weighted by Gasteiger charge is -2.23. The van der Waals surface area contributed by atoms with Crippen LogP contribution in [0.3, 0.4) is 0 Å². The molecule has 1 aromatic carbocycles. The monoisotopic (exact) mass is 334 g/mol. The van der Waals surface area contributed by atoms with E-state index in [9.17, 15) is 8.42 Å². The third kappa shape index (κ3) is 3.15. The zero-order valence-electron chi connectivity index (χ0n) is 13.5. The number of aryl methyl sites for hydroxylation is 1. The fraction of sp³-hybridized carbons (Fsp3) is 0.562. The van der Waals surface area contributed by atoms with Crippen molar-refractivity contribution in [3.63, 3.8) is 0 Å². The average Bonchev–Trinajstić information content (AvgIpc) is 3.04. The second-order valence-corrected chi connectivity index (χ2v) is 8.55. The van der Waals surface area contributed by atoms with E-state index in [0.29, 0.717) is 10.7 Å². The molecular formula is C16H22N4O2S. The highest BCUT2D eigenvalue weighted by molar-refractivity contribution is 7.91. The normalized spacial score (nSPS) is 18.0. The quantitative estimate of drug-likeness (QED) is 0.859. The summed E-state index contributed by atoms with van der Waals surface area (Å²) in [5.41, 5.74) is 0.921. The van der Waals surface area contributed by atoms with Crippen LogP contribution in [0.4, 0.5) is 0 Å². The minimum Gasteiger partial charge on any atom is -0.225 e. The van der Waals surface area contributed by atoms with Crippen molar-refractivity contribution in [2.75, 3.05) is 0 Å². The first-order valence-corrected chi connectivity index (χ1v) is 9.63. The number of rotatable bonds is 4. The molecule has 0 amide bonds. The van der Waals surface area contributed by atoms with Gasteiger partial charge >= 0.3 is 0 Å². The van der Waals surface area contributed by atoms with Crippen LogP contribution in [-0.4, -0.2) is 28.6 Å². The maximum Gasteiger partial charge on any atom is 0.188 e. The van der Waals surface area contributed by atoms with Gasteiger partial charge in [0, 0.05) is 0 Å². The highest BCUT2D eigenvalue weighted by Gasteiger charge is 2.32. The van der Waals surface area contributed by atoms with E-state index in [0.717, 1.165) is 31.2 Å².